The largest absolute Gasteiger partial charge is 0.441 e. The Bertz CT molecular complexity index is 266. The van der Waals surface area contributed by atoms with Gasteiger partial charge in [-0.3, -0.25) is 9.09 Å². The minimum absolute atomic E-state index is 0.239. The number of nitrogens with zero attached hydrogens (tertiary/aromatic N) is 2. The predicted molar refractivity (Wildman–Crippen MR) is 35.8 cm³/mol. The van der Waals surface area contributed by atoms with Crippen LogP contribution in [-0.2, 0) is 5.54 Å². The molecule has 0 atom stereocenters. The molecule has 1 aromatic rings. The van der Waals surface area contributed by atoms with Crippen LogP contribution in [-0.4, -0.2) is 9.72 Å². The second-order valence-corrected chi connectivity index (χ2v) is 3.12. The quantitative estimate of drug-likeness (QED) is 0.532. The molecular formula is C6H10N2O2. The molecule has 0 N–H and O–H groups in total. The summed E-state index contributed by atoms with van der Waals surface area (Å²) in [7, 11) is 0. The van der Waals surface area contributed by atoms with Gasteiger partial charge >= 0.3 is 5.76 Å². The van der Waals surface area contributed by atoms with Gasteiger partial charge in [-0.25, -0.2) is 4.79 Å². The van der Waals surface area contributed by atoms with Crippen molar-refractivity contribution in [3.05, 3.63) is 16.9 Å². The highest BCUT2D eigenvalue weighted by atomic mass is 16.5. The third kappa shape index (κ3) is 1.10. The Kier molecular flexibility index (Phi) is 1.39. The highest BCUT2D eigenvalue weighted by Crippen LogP contribution is 2.08. The van der Waals surface area contributed by atoms with Crippen LogP contribution in [0.15, 0.2) is 15.6 Å². The van der Waals surface area contributed by atoms with E-state index in [-0.39, 0.29) is 5.54 Å². The van der Waals surface area contributed by atoms with E-state index in [0.717, 1.165) is 0 Å². The zero-order valence-electron chi connectivity index (χ0n) is 6.29. The van der Waals surface area contributed by atoms with E-state index in [9.17, 15) is 4.79 Å². The van der Waals surface area contributed by atoms with E-state index < -0.39 is 5.76 Å². The van der Waals surface area contributed by atoms with Crippen molar-refractivity contribution in [1.82, 2.24) is 9.72 Å². The fraction of sp³-hybridized carbons (Fsp3) is 0.667. The Balaban J connectivity index is 3.18. The summed E-state index contributed by atoms with van der Waals surface area (Å²) in [6, 6.07) is 0. The Morgan fingerprint density at radius 3 is 2.40 bits per heavy atom. The Labute approximate surface area is 58.4 Å². The normalized spacial score (nSPS) is 11.9. The molecule has 0 aliphatic carbocycles. The molecule has 10 heavy (non-hydrogen) atoms. The first-order valence-electron chi connectivity index (χ1n) is 3.05. The van der Waals surface area contributed by atoms with Gasteiger partial charge in [0.2, 0.25) is 0 Å². The molecule has 1 heterocycles. The summed E-state index contributed by atoms with van der Waals surface area (Å²) >= 11 is 0. The molecule has 1 aromatic heterocycles. The predicted octanol–water partition coefficient (Wildman–Crippen LogP) is 0.591. The Morgan fingerprint density at radius 1 is 1.60 bits per heavy atom. The van der Waals surface area contributed by atoms with Crippen molar-refractivity contribution in [3.63, 3.8) is 0 Å². The van der Waals surface area contributed by atoms with E-state index in [1.165, 1.54) is 10.9 Å². The maximum Gasteiger partial charge on any atom is 0.441 e. The summed E-state index contributed by atoms with van der Waals surface area (Å²) in [6.07, 6.45) is 1.39. The molecule has 4 nitrogen and oxygen atoms in total. The zero-order chi connectivity index (χ0) is 7.78. The first-order valence-corrected chi connectivity index (χ1v) is 3.05. The van der Waals surface area contributed by atoms with Gasteiger partial charge in [-0.05, 0) is 20.8 Å². The summed E-state index contributed by atoms with van der Waals surface area (Å²) in [5.74, 6) is -0.410. The number of aromatic nitrogens is 2. The van der Waals surface area contributed by atoms with Gasteiger partial charge in [-0.2, -0.15) is 0 Å². The van der Waals surface area contributed by atoms with Gasteiger partial charge in [-0.1, -0.05) is 5.16 Å². The first-order chi connectivity index (χ1) is 4.52. The highest BCUT2D eigenvalue weighted by molar-refractivity contribution is 4.74. The van der Waals surface area contributed by atoms with Gasteiger partial charge in [0, 0.05) is 5.54 Å². The molecule has 0 fully saturated rings. The van der Waals surface area contributed by atoms with Crippen LogP contribution in [0.4, 0.5) is 0 Å². The minimum Gasteiger partial charge on any atom is -0.296 e. The second kappa shape index (κ2) is 1.97. The fourth-order valence-corrected chi connectivity index (χ4v) is 0.654. The van der Waals surface area contributed by atoms with E-state index in [0.29, 0.717) is 0 Å². The van der Waals surface area contributed by atoms with E-state index in [4.69, 9.17) is 0 Å². The van der Waals surface area contributed by atoms with Crippen molar-refractivity contribution in [3.8, 4) is 0 Å². The van der Waals surface area contributed by atoms with Crippen LogP contribution in [0.3, 0.4) is 0 Å². The van der Waals surface area contributed by atoms with E-state index in [1.807, 2.05) is 20.8 Å². The molecule has 0 aromatic carbocycles. The molecule has 0 spiro atoms. The molecule has 1 rings (SSSR count). The average Bonchev–Trinajstić information content (AvgIpc) is 2.11. The SMILES string of the molecule is CC(C)(C)n1cnoc1=O. The second-order valence-electron chi connectivity index (χ2n) is 3.12. The van der Waals surface area contributed by atoms with Crippen LogP contribution in [0.5, 0.6) is 0 Å². The summed E-state index contributed by atoms with van der Waals surface area (Å²) in [5, 5.41) is 3.36. The summed E-state index contributed by atoms with van der Waals surface area (Å²) in [4.78, 5) is 10.8. The summed E-state index contributed by atoms with van der Waals surface area (Å²) in [5.41, 5.74) is -0.239. The van der Waals surface area contributed by atoms with Gasteiger partial charge in [0.15, 0.2) is 0 Å². The molecule has 0 aliphatic heterocycles. The number of hydrogen-bond acceptors (Lipinski definition) is 3. The van der Waals surface area contributed by atoms with Crippen molar-refractivity contribution in [2.24, 2.45) is 0 Å². The van der Waals surface area contributed by atoms with Crippen LogP contribution in [0.1, 0.15) is 20.8 Å². The lowest BCUT2D eigenvalue weighted by Gasteiger charge is -2.16. The maximum atomic E-state index is 10.8. The molecule has 0 aliphatic rings. The molecule has 0 bridgehead atoms. The van der Waals surface area contributed by atoms with Crippen LogP contribution < -0.4 is 5.76 Å². The van der Waals surface area contributed by atoms with Crippen molar-refractivity contribution in [1.29, 1.82) is 0 Å². The first kappa shape index (κ1) is 7.05. The van der Waals surface area contributed by atoms with Crippen molar-refractivity contribution in [2.45, 2.75) is 26.3 Å². The van der Waals surface area contributed by atoms with Crippen molar-refractivity contribution >= 4 is 0 Å². The Morgan fingerprint density at radius 2 is 2.20 bits per heavy atom. The Hall–Kier alpha value is -1.06. The molecule has 0 saturated heterocycles. The van der Waals surface area contributed by atoms with Gasteiger partial charge in [0.25, 0.3) is 0 Å². The zero-order valence-corrected chi connectivity index (χ0v) is 6.29. The van der Waals surface area contributed by atoms with E-state index in [2.05, 4.69) is 9.68 Å². The third-order valence-electron chi connectivity index (χ3n) is 1.21. The molecule has 0 radical (unpaired) electrons. The number of hydrogen-bond donors (Lipinski definition) is 0. The van der Waals surface area contributed by atoms with Crippen LogP contribution in [0.25, 0.3) is 0 Å². The van der Waals surface area contributed by atoms with Crippen molar-refractivity contribution < 1.29 is 4.52 Å². The topological polar surface area (TPSA) is 48.0 Å². The fourth-order valence-electron chi connectivity index (χ4n) is 0.654. The van der Waals surface area contributed by atoms with Gasteiger partial charge < -0.3 is 0 Å². The molecular weight excluding hydrogens is 132 g/mol. The minimum atomic E-state index is -0.410. The lowest BCUT2D eigenvalue weighted by Crippen LogP contribution is -2.29. The lowest BCUT2D eigenvalue weighted by atomic mass is 10.1. The molecule has 0 unspecified atom stereocenters. The standard InChI is InChI=1S/C6H10N2O2/c1-6(2,3)8-4-7-10-5(8)9/h4H,1-3H3. The molecule has 4 heteroatoms. The number of rotatable bonds is 0. The van der Waals surface area contributed by atoms with Gasteiger partial charge in [-0.15, -0.1) is 0 Å². The van der Waals surface area contributed by atoms with Crippen LogP contribution in [0.2, 0.25) is 0 Å². The van der Waals surface area contributed by atoms with Gasteiger partial charge in [0.05, 0.1) is 0 Å². The maximum absolute atomic E-state index is 10.8. The van der Waals surface area contributed by atoms with Gasteiger partial charge in [0.1, 0.15) is 6.33 Å². The van der Waals surface area contributed by atoms with Crippen LogP contribution in [0, 0.1) is 0 Å². The summed E-state index contributed by atoms with van der Waals surface area (Å²) in [6.45, 7) is 5.72. The molecule has 0 amide bonds. The molecule has 0 saturated carbocycles. The lowest BCUT2D eigenvalue weighted by molar-refractivity contribution is 0.329. The van der Waals surface area contributed by atoms with E-state index >= 15 is 0 Å². The van der Waals surface area contributed by atoms with Crippen LogP contribution >= 0.6 is 0 Å². The highest BCUT2D eigenvalue weighted by Gasteiger charge is 2.15. The average molecular weight is 142 g/mol. The third-order valence-corrected chi connectivity index (χ3v) is 1.21. The summed E-state index contributed by atoms with van der Waals surface area (Å²) < 4.78 is 5.79. The molecule has 56 valence electrons. The van der Waals surface area contributed by atoms with E-state index in [1.54, 1.807) is 0 Å². The monoisotopic (exact) mass is 142 g/mol. The smallest absolute Gasteiger partial charge is 0.296 e. The van der Waals surface area contributed by atoms with Crippen molar-refractivity contribution in [2.75, 3.05) is 0 Å².